The summed E-state index contributed by atoms with van der Waals surface area (Å²) in [6.45, 7) is 1.98. The second-order valence-electron chi connectivity index (χ2n) is 3.97. The van der Waals surface area contributed by atoms with Crippen molar-refractivity contribution in [1.82, 2.24) is 0 Å². The standard InChI is InChI=1S/C13H13BrClNOS/c1-7-5-11(18-13(7)15)12(16)9-4-3-8(14)6-10(9)17-2/h3-6,12H,16H2,1-2H3. The van der Waals surface area contributed by atoms with Gasteiger partial charge >= 0.3 is 0 Å². The first kappa shape index (κ1) is 13.9. The van der Waals surface area contributed by atoms with Crippen molar-refractivity contribution in [2.45, 2.75) is 13.0 Å². The average molecular weight is 347 g/mol. The van der Waals surface area contributed by atoms with Crippen LogP contribution in [0.1, 0.15) is 22.0 Å². The number of benzene rings is 1. The number of halogens is 2. The second-order valence-corrected chi connectivity index (χ2v) is 6.57. The van der Waals surface area contributed by atoms with Crippen LogP contribution in [0.3, 0.4) is 0 Å². The number of methoxy groups -OCH3 is 1. The van der Waals surface area contributed by atoms with Gasteiger partial charge in [-0.05, 0) is 30.7 Å². The molecule has 0 aliphatic carbocycles. The summed E-state index contributed by atoms with van der Waals surface area (Å²) in [6, 6.07) is 7.65. The lowest BCUT2D eigenvalue weighted by molar-refractivity contribution is 0.407. The van der Waals surface area contributed by atoms with E-state index in [4.69, 9.17) is 22.1 Å². The van der Waals surface area contributed by atoms with E-state index >= 15 is 0 Å². The molecule has 0 saturated carbocycles. The largest absolute Gasteiger partial charge is 0.496 e. The molecular weight excluding hydrogens is 334 g/mol. The Morgan fingerprint density at radius 1 is 1.39 bits per heavy atom. The Labute approximate surface area is 124 Å². The van der Waals surface area contributed by atoms with Crippen LogP contribution in [-0.4, -0.2) is 7.11 Å². The maximum absolute atomic E-state index is 6.28. The Kier molecular flexibility index (Phi) is 4.33. The second kappa shape index (κ2) is 5.61. The van der Waals surface area contributed by atoms with E-state index in [0.29, 0.717) is 0 Å². The minimum atomic E-state index is -0.218. The number of nitrogens with two attached hydrogens (primary N) is 1. The van der Waals surface area contributed by atoms with Gasteiger partial charge in [-0.15, -0.1) is 11.3 Å². The van der Waals surface area contributed by atoms with Crippen molar-refractivity contribution in [3.05, 3.63) is 49.1 Å². The fourth-order valence-electron chi connectivity index (χ4n) is 1.73. The predicted octanol–water partition coefficient (Wildman–Crippen LogP) is 4.53. The van der Waals surface area contributed by atoms with Crippen molar-refractivity contribution >= 4 is 38.9 Å². The Bertz CT molecular complexity index is 551. The van der Waals surface area contributed by atoms with Gasteiger partial charge in [-0.3, -0.25) is 0 Å². The zero-order valence-electron chi connectivity index (χ0n) is 10.0. The number of thiophene rings is 1. The fraction of sp³-hybridized carbons (Fsp3) is 0.231. The van der Waals surface area contributed by atoms with Gasteiger partial charge in [-0.2, -0.15) is 0 Å². The van der Waals surface area contributed by atoms with Crippen molar-refractivity contribution in [2.24, 2.45) is 5.73 Å². The molecule has 1 atom stereocenters. The van der Waals surface area contributed by atoms with E-state index in [-0.39, 0.29) is 6.04 Å². The molecule has 0 amide bonds. The highest BCUT2D eigenvalue weighted by atomic mass is 79.9. The highest BCUT2D eigenvalue weighted by molar-refractivity contribution is 9.10. The van der Waals surface area contributed by atoms with E-state index in [1.54, 1.807) is 7.11 Å². The Morgan fingerprint density at radius 3 is 2.67 bits per heavy atom. The molecule has 0 spiro atoms. The summed E-state index contributed by atoms with van der Waals surface area (Å²) in [5.41, 5.74) is 8.30. The highest BCUT2D eigenvalue weighted by Gasteiger charge is 2.17. The predicted molar refractivity (Wildman–Crippen MR) is 80.8 cm³/mol. The van der Waals surface area contributed by atoms with Crippen LogP contribution < -0.4 is 10.5 Å². The van der Waals surface area contributed by atoms with Crippen LogP contribution in [0.25, 0.3) is 0 Å². The van der Waals surface area contributed by atoms with Gasteiger partial charge in [-0.1, -0.05) is 33.6 Å². The molecule has 0 aliphatic heterocycles. The van der Waals surface area contributed by atoms with Crippen LogP contribution >= 0.6 is 38.9 Å². The molecule has 5 heteroatoms. The minimum absolute atomic E-state index is 0.218. The van der Waals surface area contributed by atoms with Gasteiger partial charge in [0.2, 0.25) is 0 Å². The molecule has 1 aromatic carbocycles. The molecule has 0 fully saturated rings. The Hall–Kier alpha value is -0.550. The maximum atomic E-state index is 6.28. The summed E-state index contributed by atoms with van der Waals surface area (Å²) < 4.78 is 7.12. The molecule has 1 heterocycles. The van der Waals surface area contributed by atoms with Crippen molar-refractivity contribution in [3.8, 4) is 5.75 Å². The molecule has 18 heavy (non-hydrogen) atoms. The molecule has 2 aromatic rings. The third kappa shape index (κ3) is 2.72. The van der Waals surface area contributed by atoms with Gasteiger partial charge in [0.25, 0.3) is 0 Å². The molecule has 0 saturated heterocycles. The van der Waals surface area contributed by atoms with Gasteiger partial charge in [0.15, 0.2) is 0 Å². The molecular formula is C13H13BrClNOS. The molecule has 96 valence electrons. The van der Waals surface area contributed by atoms with Crippen LogP contribution in [-0.2, 0) is 0 Å². The number of ether oxygens (including phenoxy) is 1. The van der Waals surface area contributed by atoms with E-state index in [0.717, 1.165) is 30.6 Å². The summed E-state index contributed by atoms with van der Waals surface area (Å²) in [5.74, 6) is 0.777. The van der Waals surface area contributed by atoms with Crippen LogP contribution in [0.4, 0.5) is 0 Å². The normalized spacial score (nSPS) is 12.5. The summed E-state index contributed by atoms with van der Waals surface area (Å²) in [5, 5.41) is 0. The van der Waals surface area contributed by atoms with Gasteiger partial charge in [-0.25, -0.2) is 0 Å². The molecule has 0 bridgehead atoms. The van der Waals surface area contributed by atoms with E-state index in [2.05, 4.69) is 15.9 Å². The zero-order valence-corrected chi connectivity index (χ0v) is 13.2. The van der Waals surface area contributed by atoms with Crippen LogP contribution in [0, 0.1) is 6.92 Å². The Balaban J connectivity index is 2.42. The molecule has 2 N–H and O–H groups in total. The van der Waals surface area contributed by atoms with Crippen LogP contribution in [0.15, 0.2) is 28.7 Å². The van der Waals surface area contributed by atoms with Crippen molar-refractivity contribution in [1.29, 1.82) is 0 Å². The van der Waals surface area contributed by atoms with Crippen molar-refractivity contribution < 1.29 is 4.74 Å². The lowest BCUT2D eigenvalue weighted by Crippen LogP contribution is -2.11. The quantitative estimate of drug-likeness (QED) is 0.886. The molecule has 1 unspecified atom stereocenters. The lowest BCUT2D eigenvalue weighted by Gasteiger charge is -2.14. The fourth-order valence-corrected chi connectivity index (χ4v) is 3.31. The zero-order chi connectivity index (χ0) is 13.3. The van der Waals surface area contributed by atoms with E-state index < -0.39 is 0 Å². The number of hydrogen-bond donors (Lipinski definition) is 1. The summed E-state index contributed by atoms with van der Waals surface area (Å²) in [7, 11) is 1.64. The van der Waals surface area contributed by atoms with Crippen LogP contribution in [0.5, 0.6) is 5.75 Å². The maximum Gasteiger partial charge on any atom is 0.125 e. The van der Waals surface area contributed by atoms with Gasteiger partial charge in [0, 0.05) is 14.9 Å². The number of rotatable bonds is 3. The lowest BCUT2D eigenvalue weighted by atomic mass is 10.0. The van der Waals surface area contributed by atoms with E-state index in [1.807, 2.05) is 31.2 Å². The topological polar surface area (TPSA) is 35.2 Å². The molecule has 0 aliphatic rings. The van der Waals surface area contributed by atoms with E-state index in [1.165, 1.54) is 11.3 Å². The first-order valence-corrected chi connectivity index (χ1v) is 7.36. The van der Waals surface area contributed by atoms with Crippen molar-refractivity contribution in [3.63, 3.8) is 0 Å². The molecule has 2 rings (SSSR count). The third-order valence-corrected chi connectivity index (χ3v) is 4.84. The number of hydrogen-bond acceptors (Lipinski definition) is 3. The Morgan fingerprint density at radius 2 is 2.11 bits per heavy atom. The van der Waals surface area contributed by atoms with Gasteiger partial charge in [0.1, 0.15) is 5.75 Å². The first-order chi connectivity index (χ1) is 8.52. The summed E-state index contributed by atoms with van der Waals surface area (Å²) in [4.78, 5) is 1.04. The molecule has 1 aromatic heterocycles. The first-order valence-electron chi connectivity index (χ1n) is 5.37. The summed E-state index contributed by atoms with van der Waals surface area (Å²) >= 11 is 11.0. The highest BCUT2D eigenvalue weighted by Crippen LogP contribution is 2.36. The summed E-state index contributed by atoms with van der Waals surface area (Å²) in [6.07, 6.45) is 0. The van der Waals surface area contributed by atoms with Gasteiger partial charge in [0.05, 0.1) is 17.5 Å². The third-order valence-electron chi connectivity index (χ3n) is 2.71. The van der Waals surface area contributed by atoms with Crippen molar-refractivity contribution in [2.75, 3.05) is 7.11 Å². The minimum Gasteiger partial charge on any atom is -0.496 e. The van der Waals surface area contributed by atoms with Gasteiger partial charge < -0.3 is 10.5 Å². The average Bonchev–Trinajstić information content (AvgIpc) is 2.68. The number of aryl methyl sites for hydroxylation is 1. The smallest absolute Gasteiger partial charge is 0.125 e. The van der Waals surface area contributed by atoms with Crippen LogP contribution in [0.2, 0.25) is 4.34 Å². The monoisotopic (exact) mass is 345 g/mol. The molecule has 2 nitrogen and oxygen atoms in total. The SMILES string of the molecule is COc1cc(Br)ccc1C(N)c1cc(C)c(Cl)s1. The molecule has 0 radical (unpaired) electrons. The van der Waals surface area contributed by atoms with E-state index in [9.17, 15) is 0 Å².